The zero-order valence-electron chi connectivity index (χ0n) is 22.6. The predicted octanol–water partition coefficient (Wildman–Crippen LogP) is 7.33. The van der Waals surface area contributed by atoms with Gasteiger partial charge in [-0.15, -0.1) is 5.92 Å². The fourth-order valence-corrected chi connectivity index (χ4v) is 9.28. The average Bonchev–Trinajstić information content (AvgIpc) is 3.44. The van der Waals surface area contributed by atoms with Gasteiger partial charge in [-0.05, 0) is 105 Å². The normalized spacial score (nSPS) is 39.4. The molecule has 9 unspecified atom stereocenters. The Balaban J connectivity index is 0.00000133. The van der Waals surface area contributed by atoms with Gasteiger partial charge >= 0.3 is 0 Å². The lowest BCUT2D eigenvalue weighted by Gasteiger charge is -2.56. The monoisotopic (exact) mass is 466 g/mol. The maximum atomic E-state index is 11.3. The maximum absolute atomic E-state index is 11.3. The Morgan fingerprint density at radius 1 is 1.09 bits per heavy atom. The SMILES string of the molecule is CC.CC#Cc1cnn(CC(O)C2CCC3C4CCC5CC(CCC)CCC5C4CCC23C)c1. The van der Waals surface area contributed by atoms with E-state index in [4.69, 9.17) is 0 Å². The minimum absolute atomic E-state index is 0.301. The molecule has 0 amide bonds. The second-order valence-corrected chi connectivity index (χ2v) is 12.0. The highest BCUT2D eigenvalue weighted by Crippen LogP contribution is 2.65. The van der Waals surface area contributed by atoms with Crippen LogP contribution in [0.15, 0.2) is 12.4 Å². The fourth-order valence-electron chi connectivity index (χ4n) is 9.28. The highest BCUT2D eigenvalue weighted by molar-refractivity contribution is 5.28. The lowest BCUT2D eigenvalue weighted by Crippen LogP contribution is -2.50. The first kappa shape index (κ1) is 25.8. The molecule has 1 heterocycles. The number of hydrogen-bond donors (Lipinski definition) is 1. The van der Waals surface area contributed by atoms with E-state index >= 15 is 0 Å². The average molecular weight is 467 g/mol. The third kappa shape index (κ3) is 4.86. The highest BCUT2D eigenvalue weighted by Gasteiger charge is 2.58. The van der Waals surface area contributed by atoms with Crippen LogP contribution in [0.1, 0.15) is 111 Å². The van der Waals surface area contributed by atoms with Crippen LogP contribution in [0.3, 0.4) is 0 Å². The number of hydrogen-bond acceptors (Lipinski definition) is 2. The lowest BCUT2D eigenvalue weighted by atomic mass is 9.49. The Morgan fingerprint density at radius 3 is 2.65 bits per heavy atom. The lowest BCUT2D eigenvalue weighted by molar-refractivity contribution is -0.0865. The van der Waals surface area contributed by atoms with Gasteiger partial charge in [0.05, 0.1) is 24.4 Å². The number of rotatable bonds is 5. The Kier molecular flexibility index (Phi) is 8.50. The molecule has 9 atom stereocenters. The van der Waals surface area contributed by atoms with Crippen molar-refractivity contribution in [1.82, 2.24) is 9.78 Å². The summed E-state index contributed by atoms with van der Waals surface area (Å²) in [6.07, 6.45) is 19.1. The second kappa shape index (κ2) is 11.2. The summed E-state index contributed by atoms with van der Waals surface area (Å²) in [7, 11) is 0. The van der Waals surface area contributed by atoms with E-state index in [-0.39, 0.29) is 6.10 Å². The third-order valence-corrected chi connectivity index (χ3v) is 10.6. The number of aliphatic hydroxyl groups is 1. The molecular weight excluding hydrogens is 416 g/mol. The van der Waals surface area contributed by atoms with Crippen LogP contribution in [0.2, 0.25) is 0 Å². The van der Waals surface area contributed by atoms with Crippen LogP contribution >= 0.6 is 0 Å². The maximum Gasteiger partial charge on any atom is 0.0769 e. The summed E-state index contributed by atoms with van der Waals surface area (Å²) in [6, 6.07) is 0. The van der Waals surface area contributed by atoms with Gasteiger partial charge in [-0.2, -0.15) is 5.10 Å². The first-order valence-electron chi connectivity index (χ1n) is 14.7. The summed E-state index contributed by atoms with van der Waals surface area (Å²) >= 11 is 0. The van der Waals surface area contributed by atoms with Crippen LogP contribution in [0.25, 0.3) is 0 Å². The summed E-state index contributed by atoms with van der Waals surface area (Å²) < 4.78 is 1.91. The van der Waals surface area contributed by atoms with Crippen LogP contribution in [-0.2, 0) is 6.54 Å². The minimum Gasteiger partial charge on any atom is -0.391 e. The van der Waals surface area contributed by atoms with Crippen molar-refractivity contribution in [2.75, 3.05) is 0 Å². The predicted molar refractivity (Wildman–Crippen MR) is 141 cm³/mol. The molecule has 0 radical (unpaired) electrons. The summed E-state index contributed by atoms with van der Waals surface area (Å²) in [6.45, 7) is 11.4. The largest absolute Gasteiger partial charge is 0.391 e. The summed E-state index contributed by atoms with van der Waals surface area (Å²) in [4.78, 5) is 0. The molecule has 1 aromatic heterocycles. The van der Waals surface area contributed by atoms with Crippen LogP contribution in [0.4, 0.5) is 0 Å². The number of fused-ring (bicyclic) bond motifs is 5. The molecule has 1 aromatic rings. The van der Waals surface area contributed by atoms with E-state index in [0.29, 0.717) is 17.9 Å². The fraction of sp³-hybridized carbons (Fsp3) is 0.839. The van der Waals surface area contributed by atoms with E-state index in [2.05, 4.69) is 30.8 Å². The minimum atomic E-state index is -0.301. The molecule has 1 N–H and O–H groups in total. The molecule has 0 saturated heterocycles. The molecule has 4 aliphatic rings. The van der Waals surface area contributed by atoms with E-state index in [9.17, 15) is 5.11 Å². The molecule has 0 spiro atoms. The van der Waals surface area contributed by atoms with Crippen LogP contribution in [-0.4, -0.2) is 21.0 Å². The van der Waals surface area contributed by atoms with Gasteiger partial charge in [0.1, 0.15) is 0 Å². The van der Waals surface area contributed by atoms with Crippen molar-refractivity contribution < 1.29 is 5.11 Å². The van der Waals surface area contributed by atoms with Crippen molar-refractivity contribution in [2.24, 2.45) is 46.8 Å². The van der Waals surface area contributed by atoms with E-state index in [1.807, 2.05) is 37.8 Å². The molecule has 190 valence electrons. The van der Waals surface area contributed by atoms with Crippen molar-refractivity contribution in [3.05, 3.63) is 18.0 Å². The van der Waals surface area contributed by atoms with E-state index in [1.54, 1.807) is 0 Å². The molecule has 4 fully saturated rings. The highest BCUT2D eigenvalue weighted by atomic mass is 16.3. The molecule has 0 aromatic carbocycles. The van der Waals surface area contributed by atoms with Crippen molar-refractivity contribution in [3.63, 3.8) is 0 Å². The Bertz CT molecular complexity index is 849. The third-order valence-electron chi connectivity index (χ3n) is 10.6. The molecule has 3 nitrogen and oxygen atoms in total. The smallest absolute Gasteiger partial charge is 0.0769 e. The van der Waals surface area contributed by atoms with Gasteiger partial charge in [0.2, 0.25) is 0 Å². The molecule has 0 aliphatic heterocycles. The number of aromatic nitrogens is 2. The molecule has 5 rings (SSSR count). The quantitative estimate of drug-likeness (QED) is 0.461. The Labute approximate surface area is 209 Å². The summed E-state index contributed by atoms with van der Waals surface area (Å²) in [5, 5.41) is 15.8. The van der Waals surface area contributed by atoms with Crippen molar-refractivity contribution in [2.45, 2.75) is 118 Å². The van der Waals surface area contributed by atoms with Crippen LogP contribution in [0.5, 0.6) is 0 Å². The molecule has 34 heavy (non-hydrogen) atoms. The summed E-state index contributed by atoms with van der Waals surface area (Å²) in [5.41, 5.74) is 1.26. The van der Waals surface area contributed by atoms with E-state index in [0.717, 1.165) is 41.1 Å². The second-order valence-electron chi connectivity index (χ2n) is 12.0. The van der Waals surface area contributed by atoms with Crippen LogP contribution < -0.4 is 0 Å². The van der Waals surface area contributed by atoms with E-state index in [1.165, 1.54) is 70.6 Å². The van der Waals surface area contributed by atoms with Gasteiger partial charge < -0.3 is 5.11 Å². The van der Waals surface area contributed by atoms with Gasteiger partial charge in [-0.3, -0.25) is 4.68 Å². The molecule has 4 aliphatic carbocycles. The van der Waals surface area contributed by atoms with Gasteiger partial charge in [-0.1, -0.05) is 52.9 Å². The van der Waals surface area contributed by atoms with E-state index < -0.39 is 0 Å². The first-order valence-corrected chi connectivity index (χ1v) is 14.7. The Morgan fingerprint density at radius 2 is 1.88 bits per heavy atom. The van der Waals surface area contributed by atoms with Gasteiger partial charge in [-0.25, -0.2) is 0 Å². The first-order chi connectivity index (χ1) is 16.5. The van der Waals surface area contributed by atoms with Gasteiger partial charge in [0, 0.05) is 6.20 Å². The topological polar surface area (TPSA) is 38.0 Å². The molecular formula is C31H50N2O. The van der Waals surface area contributed by atoms with Crippen molar-refractivity contribution in [3.8, 4) is 11.8 Å². The summed E-state index contributed by atoms with van der Waals surface area (Å²) in [5.74, 6) is 12.2. The Hall–Kier alpha value is -1.27. The molecule has 4 saturated carbocycles. The molecule has 3 heteroatoms. The number of nitrogens with zero attached hydrogens (tertiary/aromatic N) is 2. The van der Waals surface area contributed by atoms with Gasteiger partial charge in [0.25, 0.3) is 0 Å². The number of aliphatic hydroxyl groups excluding tert-OH is 1. The van der Waals surface area contributed by atoms with Crippen LogP contribution in [0, 0.1) is 58.7 Å². The zero-order chi connectivity index (χ0) is 24.3. The van der Waals surface area contributed by atoms with Crippen molar-refractivity contribution in [1.29, 1.82) is 0 Å². The van der Waals surface area contributed by atoms with Crippen molar-refractivity contribution >= 4 is 0 Å². The zero-order valence-corrected chi connectivity index (χ0v) is 22.6. The molecule has 0 bridgehead atoms. The van der Waals surface area contributed by atoms with Gasteiger partial charge in [0.15, 0.2) is 0 Å². The standard InChI is InChI=1S/C29H44N2O.C2H6/c1-4-6-20-8-10-23-22(16-20)9-11-25-24(23)14-15-29(3)26(25)12-13-27(29)28(32)19-31-18-21(7-5-2)17-30-31;1-2/h17-18,20,22-28,32H,4,6,8-16,19H2,1-3H3;1-2H3.